The molecule has 0 aliphatic rings. The highest BCUT2D eigenvalue weighted by Gasteiger charge is 2.04. The van der Waals surface area contributed by atoms with Crippen LogP contribution in [0.5, 0.6) is 0 Å². The molecule has 0 fully saturated rings. The van der Waals surface area contributed by atoms with Crippen molar-refractivity contribution in [3.8, 4) is 12.3 Å². The van der Waals surface area contributed by atoms with Crippen molar-refractivity contribution in [2.75, 3.05) is 7.05 Å². The molecule has 0 radical (unpaired) electrons. The number of nitrogens with one attached hydrogen (secondary N) is 1. The normalized spacial score (nSPS) is 11.5. The van der Waals surface area contributed by atoms with Crippen molar-refractivity contribution in [2.45, 2.75) is 26.7 Å². The van der Waals surface area contributed by atoms with Gasteiger partial charge in [0.15, 0.2) is 0 Å². The van der Waals surface area contributed by atoms with Gasteiger partial charge in [-0.3, -0.25) is 0 Å². The Morgan fingerprint density at radius 2 is 1.86 bits per heavy atom. The van der Waals surface area contributed by atoms with Gasteiger partial charge in [-0.15, -0.1) is 6.42 Å². The number of hydrogen-bond acceptors (Lipinski definition) is 1. The lowest BCUT2D eigenvalue weighted by Crippen LogP contribution is -2.06. The van der Waals surface area contributed by atoms with E-state index in [1.807, 2.05) is 7.05 Å². The maximum absolute atomic E-state index is 5.54. The summed E-state index contributed by atoms with van der Waals surface area (Å²) in [6.07, 6.45) is 7.64. The Hall–Kier alpha value is -2.46. The van der Waals surface area contributed by atoms with E-state index in [1.165, 1.54) is 22.3 Å². The fourth-order valence-corrected chi connectivity index (χ4v) is 2.64. The quantitative estimate of drug-likeness (QED) is 0.806. The van der Waals surface area contributed by atoms with Crippen molar-refractivity contribution in [2.24, 2.45) is 0 Å². The highest BCUT2D eigenvalue weighted by Crippen LogP contribution is 2.19. The fraction of sp³-hybridized carbons (Fsp3) is 0.238. The van der Waals surface area contributed by atoms with Crippen molar-refractivity contribution < 1.29 is 0 Å². The van der Waals surface area contributed by atoms with Crippen molar-refractivity contribution in [1.82, 2.24) is 5.32 Å². The molecule has 1 nitrogen and oxygen atoms in total. The Morgan fingerprint density at radius 3 is 2.55 bits per heavy atom. The lowest BCUT2D eigenvalue weighted by Gasteiger charge is -2.10. The van der Waals surface area contributed by atoms with E-state index < -0.39 is 0 Å². The smallest absolute Gasteiger partial charge is 0.0883 e. The number of hydrogen-bond donors (Lipinski definition) is 1. The molecule has 1 N–H and O–H groups in total. The second-order valence-electron chi connectivity index (χ2n) is 5.52. The van der Waals surface area contributed by atoms with Crippen LogP contribution in [0.4, 0.5) is 0 Å². The Kier molecular flexibility index (Phi) is 5.44. The standard InChI is InChI=1S/C21H23N/c1-5-21(22-4)17(3)20-12-8-10-18(15-20)13-14-19-11-7-6-9-16(19)2/h1,6-12,15,22H,13-14H2,2-4H3/b21-17+. The van der Waals surface area contributed by atoms with Gasteiger partial charge in [-0.25, -0.2) is 0 Å². The maximum Gasteiger partial charge on any atom is 0.0883 e. The SMILES string of the molecule is C#C/C(NC)=C(/C)c1cccc(CCc2ccccc2C)c1. The van der Waals surface area contributed by atoms with E-state index in [2.05, 4.69) is 73.6 Å². The molecule has 0 saturated heterocycles. The third-order valence-electron chi connectivity index (χ3n) is 4.07. The summed E-state index contributed by atoms with van der Waals surface area (Å²) in [4.78, 5) is 0. The summed E-state index contributed by atoms with van der Waals surface area (Å²) in [5.41, 5.74) is 7.26. The minimum Gasteiger partial charge on any atom is -0.381 e. The predicted octanol–water partition coefficient (Wildman–Crippen LogP) is 4.36. The second-order valence-corrected chi connectivity index (χ2v) is 5.52. The zero-order valence-corrected chi connectivity index (χ0v) is 13.6. The monoisotopic (exact) mass is 289 g/mol. The van der Waals surface area contributed by atoms with Crippen LogP contribution in [0.25, 0.3) is 5.57 Å². The van der Waals surface area contributed by atoms with Crippen LogP contribution in [0.2, 0.25) is 0 Å². The molecule has 2 rings (SSSR count). The largest absolute Gasteiger partial charge is 0.381 e. The molecule has 22 heavy (non-hydrogen) atoms. The molecule has 0 amide bonds. The minimum absolute atomic E-state index is 0.844. The molecule has 112 valence electrons. The van der Waals surface area contributed by atoms with Crippen molar-refractivity contribution in [1.29, 1.82) is 0 Å². The number of aryl methyl sites for hydroxylation is 3. The third kappa shape index (κ3) is 3.80. The topological polar surface area (TPSA) is 12.0 Å². The maximum atomic E-state index is 5.54. The van der Waals surface area contributed by atoms with Gasteiger partial charge in [0.25, 0.3) is 0 Å². The molecule has 0 unspecified atom stereocenters. The molecular formula is C21H23N. The van der Waals surface area contributed by atoms with Crippen LogP contribution in [-0.4, -0.2) is 7.05 Å². The minimum atomic E-state index is 0.844. The summed E-state index contributed by atoms with van der Waals surface area (Å²) in [5, 5.41) is 3.08. The first-order valence-electron chi connectivity index (χ1n) is 7.64. The van der Waals surface area contributed by atoms with Crippen LogP contribution in [0.3, 0.4) is 0 Å². The highest BCUT2D eigenvalue weighted by atomic mass is 14.8. The number of rotatable bonds is 5. The molecule has 0 atom stereocenters. The van der Waals surface area contributed by atoms with Crippen molar-refractivity contribution in [3.05, 3.63) is 76.5 Å². The summed E-state index contributed by atoms with van der Waals surface area (Å²) in [5.74, 6) is 2.70. The first-order chi connectivity index (χ1) is 10.7. The van der Waals surface area contributed by atoms with Crippen molar-refractivity contribution in [3.63, 3.8) is 0 Å². The Labute approximate surface area is 134 Å². The Morgan fingerprint density at radius 1 is 1.09 bits per heavy atom. The van der Waals surface area contributed by atoms with Crippen LogP contribution in [0, 0.1) is 19.3 Å². The lowest BCUT2D eigenvalue weighted by atomic mass is 9.97. The molecule has 2 aromatic rings. The van der Waals surface area contributed by atoms with Gasteiger partial charge in [0.1, 0.15) is 0 Å². The molecule has 0 bridgehead atoms. The van der Waals surface area contributed by atoms with Gasteiger partial charge in [-0.05, 0) is 54.5 Å². The molecule has 0 aliphatic carbocycles. The first kappa shape index (κ1) is 15.9. The van der Waals surface area contributed by atoms with Crippen LogP contribution in [0.1, 0.15) is 29.2 Å². The molecule has 0 heterocycles. The average molecular weight is 289 g/mol. The summed E-state index contributed by atoms with van der Waals surface area (Å²) in [6, 6.07) is 17.2. The van der Waals surface area contributed by atoms with Crippen LogP contribution >= 0.6 is 0 Å². The van der Waals surface area contributed by atoms with E-state index in [0.29, 0.717) is 0 Å². The first-order valence-corrected chi connectivity index (χ1v) is 7.64. The molecule has 0 spiro atoms. The highest BCUT2D eigenvalue weighted by molar-refractivity contribution is 5.70. The summed E-state index contributed by atoms with van der Waals surface area (Å²) in [6.45, 7) is 4.23. The average Bonchev–Trinajstić information content (AvgIpc) is 2.55. The zero-order chi connectivity index (χ0) is 15.9. The third-order valence-corrected chi connectivity index (χ3v) is 4.07. The number of terminal acetylenes is 1. The summed E-state index contributed by atoms with van der Waals surface area (Å²) in [7, 11) is 1.86. The van der Waals surface area contributed by atoms with E-state index in [-0.39, 0.29) is 0 Å². The summed E-state index contributed by atoms with van der Waals surface area (Å²) < 4.78 is 0. The van der Waals surface area contributed by atoms with Crippen LogP contribution in [0.15, 0.2) is 54.2 Å². The van der Waals surface area contributed by atoms with Crippen molar-refractivity contribution >= 4 is 5.57 Å². The Balaban J connectivity index is 2.18. The van der Waals surface area contributed by atoms with Gasteiger partial charge in [0.05, 0.1) is 5.70 Å². The fourth-order valence-electron chi connectivity index (χ4n) is 2.64. The molecule has 2 aromatic carbocycles. The van der Waals surface area contributed by atoms with Gasteiger partial charge in [0, 0.05) is 7.05 Å². The Bertz CT molecular complexity index is 717. The number of allylic oxidation sites excluding steroid dienone is 2. The zero-order valence-electron chi connectivity index (χ0n) is 13.6. The molecule has 0 aromatic heterocycles. The molecule has 0 saturated carbocycles. The van der Waals surface area contributed by atoms with Gasteiger partial charge in [0.2, 0.25) is 0 Å². The second kappa shape index (κ2) is 7.52. The van der Waals surface area contributed by atoms with E-state index >= 15 is 0 Å². The predicted molar refractivity (Wildman–Crippen MR) is 95.5 cm³/mol. The van der Waals surface area contributed by atoms with E-state index in [9.17, 15) is 0 Å². The van der Waals surface area contributed by atoms with Gasteiger partial charge in [-0.2, -0.15) is 0 Å². The lowest BCUT2D eigenvalue weighted by molar-refractivity contribution is 0.948. The van der Waals surface area contributed by atoms with Crippen LogP contribution in [-0.2, 0) is 12.8 Å². The van der Waals surface area contributed by atoms with Gasteiger partial charge in [-0.1, -0.05) is 54.5 Å². The van der Waals surface area contributed by atoms with E-state index in [1.54, 1.807) is 0 Å². The van der Waals surface area contributed by atoms with Gasteiger partial charge < -0.3 is 5.32 Å². The molecule has 0 aliphatic heterocycles. The molecular weight excluding hydrogens is 266 g/mol. The van der Waals surface area contributed by atoms with E-state index in [4.69, 9.17) is 6.42 Å². The molecule has 1 heteroatoms. The van der Waals surface area contributed by atoms with E-state index in [0.717, 1.165) is 24.1 Å². The summed E-state index contributed by atoms with van der Waals surface area (Å²) >= 11 is 0. The number of benzene rings is 2. The van der Waals surface area contributed by atoms with Gasteiger partial charge >= 0.3 is 0 Å². The van der Waals surface area contributed by atoms with Crippen LogP contribution < -0.4 is 5.32 Å².